The molecule has 0 bridgehead atoms. The molecule has 1 N–H and O–H groups in total. The maximum absolute atomic E-state index is 12.7. The van der Waals surface area contributed by atoms with E-state index in [1.165, 1.54) is 0 Å². The molecule has 0 aromatic carbocycles. The van der Waals surface area contributed by atoms with Gasteiger partial charge in [0.1, 0.15) is 0 Å². The molecular weight excluding hydrogens is 257 g/mol. The van der Waals surface area contributed by atoms with Crippen molar-refractivity contribution in [1.82, 2.24) is 10.2 Å². The van der Waals surface area contributed by atoms with Gasteiger partial charge in [-0.3, -0.25) is 9.69 Å². The zero-order valence-electron chi connectivity index (χ0n) is 12.0. The van der Waals surface area contributed by atoms with E-state index in [0.717, 1.165) is 0 Å². The minimum Gasteiger partial charge on any atom is -0.350 e. The second-order valence-corrected chi connectivity index (χ2v) is 6.29. The summed E-state index contributed by atoms with van der Waals surface area (Å²) < 4.78 is 38.2. The van der Waals surface area contributed by atoms with Gasteiger partial charge in [-0.15, -0.1) is 0 Å². The van der Waals surface area contributed by atoms with Crippen LogP contribution in [0.1, 0.15) is 40.5 Å². The first kappa shape index (κ1) is 16.3. The third kappa shape index (κ3) is 5.01. The lowest BCUT2D eigenvalue weighted by molar-refractivity contribution is -0.189. The molecule has 6 heteroatoms. The Morgan fingerprint density at radius 1 is 1.32 bits per heavy atom. The maximum atomic E-state index is 12.7. The Balaban J connectivity index is 2.62. The van der Waals surface area contributed by atoms with Crippen molar-refractivity contribution >= 4 is 5.91 Å². The van der Waals surface area contributed by atoms with Gasteiger partial charge in [0.25, 0.3) is 0 Å². The number of halogens is 3. The van der Waals surface area contributed by atoms with Gasteiger partial charge >= 0.3 is 6.18 Å². The molecule has 0 spiro atoms. The molecule has 112 valence electrons. The zero-order chi connectivity index (χ0) is 14.8. The molecule has 19 heavy (non-hydrogen) atoms. The van der Waals surface area contributed by atoms with E-state index in [1.807, 2.05) is 20.8 Å². The Bertz CT molecular complexity index is 323. The molecule has 1 aliphatic heterocycles. The van der Waals surface area contributed by atoms with E-state index >= 15 is 0 Å². The maximum Gasteiger partial charge on any atom is 0.393 e. The standard InChI is InChI=1S/C13H23F3N2O/c1-9(11(19)17-12(2,3)4)18-7-5-6-10(8-18)13(14,15)16/h9-10H,5-8H2,1-4H3,(H,17,19)/t9-,10+/m0/s1. The number of amides is 1. The third-order valence-corrected chi connectivity index (χ3v) is 3.34. The monoisotopic (exact) mass is 280 g/mol. The number of hydrogen-bond donors (Lipinski definition) is 1. The number of nitrogens with one attached hydrogen (secondary N) is 1. The van der Waals surface area contributed by atoms with E-state index in [-0.39, 0.29) is 24.4 Å². The van der Waals surface area contributed by atoms with Gasteiger partial charge in [-0.05, 0) is 47.1 Å². The number of nitrogens with zero attached hydrogens (tertiary/aromatic N) is 1. The quantitative estimate of drug-likeness (QED) is 0.843. The van der Waals surface area contributed by atoms with Crippen molar-refractivity contribution in [2.45, 2.75) is 58.3 Å². The Morgan fingerprint density at radius 2 is 1.89 bits per heavy atom. The van der Waals surface area contributed by atoms with Gasteiger partial charge in [-0.1, -0.05) is 0 Å². The number of rotatable bonds is 2. The minimum atomic E-state index is -4.17. The van der Waals surface area contributed by atoms with Crippen molar-refractivity contribution in [3.63, 3.8) is 0 Å². The summed E-state index contributed by atoms with van der Waals surface area (Å²) in [5.74, 6) is -1.53. The van der Waals surface area contributed by atoms with Crippen molar-refractivity contribution in [2.24, 2.45) is 5.92 Å². The summed E-state index contributed by atoms with van der Waals surface area (Å²) in [6.07, 6.45) is -3.52. The first-order valence-corrected chi connectivity index (χ1v) is 6.63. The number of alkyl halides is 3. The number of piperidine rings is 1. The molecule has 0 unspecified atom stereocenters. The Morgan fingerprint density at radius 3 is 2.37 bits per heavy atom. The van der Waals surface area contributed by atoms with E-state index in [4.69, 9.17) is 0 Å². The van der Waals surface area contributed by atoms with Crippen molar-refractivity contribution in [3.05, 3.63) is 0 Å². The molecule has 0 saturated carbocycles. The summed E-state index contributed by atoms with van der Waals surface area (Å²) in [7, 11) is 0. The molecular formula is C13H23F3N2O. The number of likely N-dealkylation sites (tertiary alicyclic amines) is 1. The van der Waals surface area contributed by atoms with Gasteiger partial charge in [0.15, 0.2) is 0 Å². The first-order valence-electron chi connectivity index (χ1n) is 6.63. The summed E-state index contributed by atoms with van der Waals surface area (Å²) in [5, 5.41) is 2.81. The number of hydrogen-bond acceptors (Lipinski definition) is 2. The molecule has 1 heterocycles. The highest BCUT2D eigenvalue weighted by Crippen LogP contribution is 2.33. The third-order valence-electron chi connectivity index (χ3n) is 3.34. The minimum absolute atomic E-state index is 0.0811. The molecule has 1 amide bonds. The molecule has 1 fully saturated rings. The molecule has 1 saturated heterocycles. The molecule has 0 aromatic heterocycles. The Labute approximate surface area is 112 Å². The van der Waals surface area contributed by atoms with Crippen LogP contribution < -0.4 is 5.32 Å². The lowest BCUT2D eigenvalue weighted by atomic mass is 9.96. The van der Waals surface area contributed by atoms with E-state index in [1.54, 1.807) is 11.8 Å². The predicted molar refractivity (Wildman–Crippen MR) is 67.7 cm³/mol. The van der Waals surface area contributed by atoms with Crippen LogP contribution in [0.3, 0.4) is 0 Å². The molecule has 1 rings (SSSR count). The lowest BCUT2D eigenvalue weighted by Crippen LogP contribution is -2.54. The van der Waals surface area contributed by atoms with Crippen LogP contribution in [-0.4, -0.2) is 41.7 Å². The van der Waals surface area contributed by atoms with Gasteiger partial charge in [-0.2, -0.15) is 13.2 Å². The van der Waals surface area contributed by atoms with Crippen molar-refractivity contribution < 1.29 is 18.0 Å². The fraction of sp³-hybridized carbons (Fsp3) is 0.923. The fourth-order valence-corrected chi connectivity index (χ4v) is 2.27. The molecule has 0 radical (unpaired) electrons. The van der Waals surface area contributed by atoms with E-state index < -0.39 is 18.1 Å². The summed E-state index contributed by atoms with van der Waals surface area (Å²) in [6, 6.07) is -0.524. The van der Waals surface area contributed by atoms with Crippen LogP contribution in [0.15, 0.2) is 0 Å². The first-order chi connectivity index (χ1) is 8.50. The highest BCUT2D eigenvalue weighted by Gasteiger charge is 2.43. The van der Waals surface area contributed by atoms with Gasteiger partial charge in [0, 0.05) is 12.1 Å². The number of carbonyl (C=O) groups excluding carboxylic acids is 1. The second kappa shape index (κ2) is 5.69. The molecule has 3 nitrogen and oxygen atoms in total. The van der Waals surface area contributed by atoms with Crippen LogP contribution in [-0.2, 0) is 4.79 Å². The Hall–Kier alpha value is -0.780. The largest absolute Gasteiger partial charge is 0.393 e. The fourth-order valence-electron chi connectivity index (χ4n) is 2.27. The van der Waals surface area contributed by atoms with E-state index in [9.17, 15) is 18.0 Å². The Kier molecular flexibility index (Phi) is 4.87. The van der Waals surface area contributed by atoms with Crippen LogP contribution in [0, 0.1) is 5.92 Å². The van der Waals surface area contributed by atoms with E-state index in [2.05, 4.69) is 5.32 Å². The van der Waals surface area contributed by atoms with Crippen molar-refractivity contribution in [2.75, 3.05) is 13.1 Å². The van der Waals surface area contributed by atoms with Crippen LogP contribution in [0.25, 0.3) is 0 Å². The summed E-state index contributed by atoms with van der Waals surface area (Å²) in [5.41, 5.74) is -0.370. The van der Waals surface area contributed by atoms with Crippen LogP contribution in [0.5, 0.6) is 0 Å². The smallest absolute Gasteiger partial charge is 0.350 e. The summed E-state index contributed by atoms with van der Waals surface area (Å²) >= 11 is 0. The SMILES string of the molecule is C[C@@H](C(=O)NC(C)(C)C)N1CCC[C@@H](C(F)(F)F)C1. The van der Waals surface area contributed by atoms with Crippen molar-refractivity contribution in [1.29, 1.82) is 0 Å². The van der Waals surface area contributed by atoms with Crippen LogP contribution >= 0.6 is 0 Å². The highest BCUT2D eigenvalue weighted by atomic mass is 19.4. The lowest BCUT2D eigenvalue weighted by Gasteiger charge is -2.37. The molecule has 1 aliphatic rings. The molecule has 0 aromatic rings. The van der Waals surface area contributed by atoms with Gasteiger partial charge in [-0.25, -0.2) is 0 Å². The summed E-state index contributed by atoms with van der Waals surface area (Å²) in [4.78, 5) is 13.6. The highest BCUT2D eigenvalue weighted by molar-refractivity contribution is 5.81. The average molecular weight is 280 g/mol. The van der Waals surface area contributed by atoms with Gasteiger partial charge in [0.2, 0.25) is 5.91 Å². The normalized spacial score (nSPS) is 24.1. The zero-order valence-corrected chi connectivity index (χ0v) is 12.0. The molecule has 2 atom stereocenters. The van der Waals surface area contributed by atoms with Gasteiger partial charge in [0.05, 0.1) is 12.0 Å². The van der Waals surface area contributed by atoms with E-state index in [0.29, 0.717) is 13.0 Å². The van der Waals surface area contributed by atoms with Gasteiger partial charge < -0.3 is 5.32 Å². The average Bonchev–Trinajstić information content (AvgIpc) is 2.24. The van der Waals surface area contributed by atoms with Crippen LogP contribution in [0.2, 0.25) is 0 Å². The topological polar surface area (TPSA) is 32.3 Å². The molecule has 0 aliphatic carbocycles. The predicted octanol–water partition coefficient (Wildman–Crippen LogP) is 2.56. The van der Waals surface area contributed by atoms with Crippen molar-refractivity contribution in [3.8, 4) is 0 Å². The van der Waals surface area contributed by atoms with Crippen LogP contribution in [0.4, 0.5) is 13.2 Å². The second-order valence-electron chi connectivity index (χ2n) is 6.29. The summed E-state index contributed by atoms with van der Waals surface area (Å²) in [6.45, 7) is 7.69. The number of carbonyl (C=O) groups is 1.